The Bertz CT molecular complexity index is 1640. The van der Waals surface area contributed by atoms with E-state index in [0.717, 1.165) is 22.5 Å². The minimum absolute atomic E-state index is 0.727. The van der Waals surface area contributed by atoms with Crippen molar-refractivity contribution < 1.29 is 0 Å². The molecule has 2 heteroatoms. The third-order valence-electron chi connectivity index (χ3n) is 7.30. The van der Waals surface area contributed by atoms with Gasteiger partial charge in [-0.3, -0.25) is 0 Å². The second-order valence-electron chi connectivity index (χ2n) is 10.8. The monoisotopic (exact) mass is 516 g/mol. The summed E-state index contributed by atoms with van der Waals surface area (Å²) in [5.41, 5.74) is 15.5. The minimum atomic E-state index is 0.727. The van der Waals surface area contributed by atoms with Crippen LogP contribution < -0.4 is 0 Å². The summed E-state index contributed by atoms with van der Waals surface area (Å²) in [4.78, 5) is 9.44. The van der Waals surface area contributed by atoms with E-state index in [0.29, 0.717) is 0 Å². The summed E-state index contributed by atoms with van der Waals surface area (Å²) in [6.45, 7) is 8.58. The van der Waals surface area contributed by atoms with Gasteiger partial charge in [-0.2, -0.15) is 0 Å². The molecule has 0 unspecified atom stereocenters. The molecule has 0 aliphatic heterocycles. The van der Waals surface area contributed by atoms with Crippen molar-refractivity contribution in [3.8, 4) is 55.9 Å². The number of rotatable bonds is 5. The average molecular weight is 517 g/mol. The molecule has 0 fully saturated rings. The lowest BCUT2D eigenvalue weighted by molar-refractivity contribution is 1.18. The van der Waals surface area contributed by atoms with Crippen LogP contribution in [0.5, 0.6) is 0 Å². The van der Waals surface area contributed by atoms with Gasteiger partial charge in [0.15, 0.2) is 5.82 Å². The Morgan fingerprint density at radius 3 is 1.15 bits per heavy atom. The van der Waals surface area contributed by atoms with Gasteiger partial charge in [-0.25, -0.2) is 9.97 Å². The van der Waals surface area contributed by atoms with E-state index in [1.165, 1.54) is 55.6 Å². The fourth-order valence-electron chi connectivity index (χ4n) is 5.48. The van der Waals surface area contributed by atoms with Crippen molar-refractivity contribution in [2.24, 2.45) is 0 Å². The van der Waals surface area contributed by atoms with Crippen molar-refractivity contribution in [1.82, 2.24) is 9.97 Å². The Morgan fingerprint density at radius 2 is 0.700 bits per heavy atom. The van der Waals surface area contributed by atoms with E-state index in [2.05, 4.69) is 137 Å². The maximum atomic E-state index is 4.72. The summed E-state index contributed by atoms with van der Waals surface area (Å²) in [7, 11) is 0. The van der Waals surface area contributed by atoms with E-state index >= 15 is 0 Å². The molecule has 40 heavy (non-hydrogen) atoms. The minimum Gasteiger partial charge on any atom is -0.236 e. The van der Waals surface area contributed by atoms with Gasteiger partial charge in [0.1, 0.15) is 0 Å². The first-order valence-corrected chi connectivity index (χ1v) is 13.7. The van der Waals surface area contributed by atoms with Crippen LogP contribution in [0.15, 0.2) is 122 Å². The van der Waals surface area contributed by atoms with Crippen LogP contribution in [0.2, 0.25) is 0 Å². The van der Waals surface area contributed by atoms with Gasteiger partial charge in [0.2, 0.25) is 0 Å². The van der Waals surface area contributed by atoms with Crippen LogP contribution in [0, 0.1) is 27.7 Å². The summed E-state index contributed by atoms with van der Waals surface area (Å²) in [6, 6.07) is 39.2. The number of hydrogen-bond donors (Lipinski definition) is 0. The molecule has 0 radical (unpaired) electrons. The highest BCUT2D eigenvalue weighted by atomic mass is 14.9. The smallest absolute Gasteiger partial charge is 0.159 e. The molecular formula is C38H32N2. The van der Waals surface area contributed by atoms with E-state index < -0.39 is 0 Å². The first-order valence-electron chi connectivity index (χ1n) is 13.7. The quantitative estimate of drug-likeness (QED) is 0.228. The van der Waals surface area contributed by atoms with Crippen molar-refractivity contribution in [2.75, 3.05) is 0 Å². The van der Waals surface area contributed by atoms with Crippen LogP contribution in [0.1, 0.15) is 22.3 Å². The van der Waals surface area contributed by atoms with Crippen LogP contribution in [-0.2, 0) is 0 Å². The Kier molecular flexibility index (Phi) is 6.84. The first kappa shape index (κ1) is 25.5. The fraction of sp³-hybridized carbons (Fsp3) is 0.105. The first-order chi connectivity index (χ1) is 19.4. The van der Waals surface area contributed by atoms with Gasteiger partial charge in [0.05, 0.1) is 0 Å². The maximum Gasteiger partial charge on any atom is 0.159 e. The molecule has 6 rings (SSSR count). The van der Waals surface area contributed by atoms with Gasteiger partial charge in [0.25, 0.3) is 0 Å². The second-order valence-corrected chi connectivity index (χ2v) is 10.8. The lowest BCUT2D eigenvalue weighted by Crippen LogP contribution is -1.91. The molecule has 0 aliphatic carbocycles. The van der Waals surface area contributed by atoms with Gasteiger partial charge >= 0.3 is 0 Å². The van der Waals surface area contributed by atoms with Gasteiger partial charge in [-0.1, -0.05) is 119 Å². The zero-order valence-corrected chi connectivity index (χ0v) is 23.4. The third kappa shape index (κ3) is 5.48. The van der Waals surface area contributed by atoms with E-state index in [-0.39, 0.29) is 0 Å². The number of benzene rings is 5. The van der Waals surface area contributed by atoms with Crippen molar-refractivity contribution >= 4 is 0 Å². The summed E-state index contributed by atoms with van der Waals surface area (Å²) in [5.74, 6) is 0.727. The second kappa shape index (κ2) is 10.7. The molecule has 1 aromatic heterocycles. The van der Waals surface area contributed by atoms with Crippen molar-refractivity contribution in [3.63, 3.8) is 0 Å². The van der Waals surface area contributed by atoms with Crippen LogP contribution in [-0.4, -0.2) is 9.97 Å². The lowest BCUT2D eigenvalue weighted by atomic mass is 9.96. The Labute approximate surface area is 237 Å². The van der Waals surface area contributed by atoms with Crippen LogP contribution in [0.4, 0.5) is 0 Å². The lowest BCUT2D eigenvalue weighted by Gasteiger charge is -2.09. The zero-order chi connectivity index (χ0) is 27.6. The summed E-state index contributed by atoms with van der Waals surface area (Å²) in [6.07, 6.45) is 3.84. The van der Waals surface area contributed by atoms with Crippen LogP contribution in [0.3, 0.4) is 0 Å². The van der Waals surface area contributed by atoms with Crippen molar-refractivity contribution in [2.45, 2.75) is 27.7 Å². The predicted octanol–water partition coefficient (Wildman–Crippen LogP) is 10.0. The number of aryl methyl sites for hydroxylation is 4. The van der Waals surface area contributed by atoms with Crippen molar-refractivity contribution in [1.29, 1.82) is 0 Å². The van der Waals surface area contributed by atoms with Gasteiger partial charge in [-0.05, 0) is 78.8 Å². The van der Waals surface area contributed by atoms with Gasteiger partial charge in [0, 0.05) is 23.5 Å². The highest BCUT2D eigenvalue weighted by molar-refractivity contribution is 5.76. The van der Waals surface area contributed by atoms with E-state index in [1.807, 2.05) is 12.4 Å². The topological polar surface area (TPSA) is 25.8 Å². The third-order valence-corrected chi connectivity index (χ3v) is 7.30. The molecule has 0 N–H and O–H groups in total. The molecule has 0 saturated heterocycles. The normalized spacial score (nSPS) is 11.0. The highest BCUT2D eigenvalue weighted by Crippen LogP contribution is 2.30. The number of aromatic nitrogens is 2. The molecule has 0 saturated carbocycles. The molecule has 0 amide bonds. The molecular weight excluding hydrogens is 484 g/mol. The molecule has 0 spiro atoms. The predicted molar refractivity (Wildman–Crippen MR) is 168 cm³/mol. The van der Waals surface area contributed by atoms with E-state index in [9.17, 15) is 0 Å². The standard InChI is InChI=1S/C38H32N2/c1-25-15-26(2)18-35(17-25)32-8-5-7-31(21-32)29-11-13-30(14-12-29)38-39-23-37(24-40-38)34-10-6-9-33(22-34)36-19-27(3)16-28(4)20-36/h5-24H,1-4H3. The largest absolute Gasteiger partial charge is 0.236 e. The molecule has 194 valence electrons. The summed E-state index contributed by atoms with van der Waals surface area (Å²) >= 11 is 0. The number of nitrogens with zero attached hydrogens (tertiary/aromatic N) is 2. The molecule has 2 nitrogen and oxygen atoms in total. The SMILES string of the molecule is Cc1cc(C)cc(-c2cccc(-c3ccc(-c4ncc(-c5cccc(-c6cc(C)cc(C)c6)c5)cn4)cc3)c2)c1. The van der Waals surface area contributed by atoms with Crippen LogP contribution >= 0.6 is 0 Å². The van der Waals surface area contributed by atoms with Gasteiger partial charge < -0.3 is 0 Å². The molecule has 1 heterocycles. The summed E-state index contributed by atoms with van der Waals surface area (Å²) < 4.78 is 0. The Morgan fingerprint density at radius 1 is 0.325 bits per heavy atom. The van der Waals surface area contributed by atoms with Gasteiger partial charge in [-0.15, -0.1) is 0 Å². The molecule has 0 bridgehead atoms. The summed E-state index contributed by atoms with van der Waals surface area (Å²) in [5, 5.41) is 0. The molecule has 6 aromatic rings. The fourth-order valence-corrected chi connectivity index (χ4v) is 5.48. The Balaban J connectivity index is 1.23. The van der Waals surface area contributed by atoms with Crippen molar-refractivity contribution in [3.05, 3.63) is 144 Å². The van der Waals surface area contributed by atoms with E-state index in [4.69, 9.17) is 9.97 Å². The molecule has 5 aromatic carbocycles. The van der Waals surface area contributed by atoms with E-state index in [1.54, 1.807) is 0 Å². The van der Waals surface area contributed by atoms with Crippen LogP contribution in [0.25, 0.3) is 55.9 Å². The highest BCUT2D eigenvalue weighted by Gasteiger charge is 2.08. The molecule has 0 aliphatic rings. The average Bonchev–Trinajstić information content (AvgIpc) is 2.96. The Hall–Kier alpha value is -4.82. The maximum absolute atomic E-state index is 4.72. The number of hydrogen-bond acceptors (Lipinski definition) is 2. The zero-order valence-electron chi connectivity index (χ0n) is 23.4. The molecule has 0 atom stereocenters.